The highest BCUT2D eigenvalue weighted by atomic mass is 79.9. The first-order valence-electron chi connectivity index (χ1n) is 5.95. The van der Waals surface area contributed by atoms with Crippen LogP contribution in [-0.2, 0) is 4.79 Å². The molecule has 5 heteroatoms. The molecule has 2 atom stereocenters. The zero-order chi connectivity index (χ0) is 13.1. The zero-order valence-corrected chi connectivity index (χ0v) is 11.8. The number of nitrogens with zero attached hydrogens (tertiary/aromatic N) is 1. The molecular formula is C13H16BrNO3. The van der Waals surface area contributed by atoms with E-state index < -0.39 is 12.2 Å². The lowest BCUT2D eigenvalue weighted by molar-refractivity contribution is -0.137. The first-order valence-corrected chi connectivity index (χ1v) is 6.74. The number of ether oxygens (including phenoxy) is 1. The Morgan fingerprint density at radius 3 is 3.00 bits per heavy atom. The van der Waals surface area contributed by atoms with Gasteiger partial charge in [-0.05, 0) is 31.5 Å². The van der Waals surface area contributed by atoms with E-state index in [-0.39, 0.29) is 5.91 Å². The number of aliphatic hydroxyl groups is 1. The minimum absolute atomic E-state index is 0.0773. The number of likely N-dealkylation sites (tertiary alicyclic amines) is 1. The van der Waals surface area contributed by atoms with E-state index in [2.05, 4.69) is 15.9 Å². The normalized spacial score (nSPS) is 20.8. The van der Waals surface area contributed by atoms with Gasteiger partial charge in [0.05, 0.1) is 6.10 Å². The summed E-state index contributed by atoms with van der Waals surface area (Å²) in [5.41, 5.74) is 0. The fourth-order valence-corrected chi connectivity index (χ4v) is 2.37. The number of hydrogen-bond donors (Lipinski definition) is 1. The highest BCUT2D eigenvalue weighted by Crippen LogP contribution is 2.20. The first kappa shape index (κ1) is 13.4. The summed E-state index contributed by atoms with van der Waals surface area (Å²) in [6, 6.07) is 7.39. The Balaban J connectivity index is 1.95. The second-order valence-corrected chi connectivity index (χ2v) is 5.36. The van der Waals surface area contributed by atoms with E-state index in [0.717, 1.165) is 4.47 Å². The van der Waals surface area contributed by atoms with Crippen LogP contribution in [0, 0.1) is 0 Å². The number of halogens is 1. The molecule has 1 aromatic rings. The number of β-amino-alcohol motifs (C(OH)–C–C–N with tert-alkyl or cyclic N) is 1. The van der Waals surface area contributed by atoms with Gasteiger partial charge in [-0.25, -0.2) is 0 Å². The maximum absolute atomic E-state index is 12.1. The van der Waals surface area contributed by atoms with Crippen molar-refractivity contribution >= 4 is 21.8 Å². The molecule has 1 aromatic carbocycles. The van der Waals surface area contributed by atoms with Crippen LogP contribution in [-0.4, -0.2) is 41.2 Å². The Kier molecular flexibility index (Phi) is 4.24. The molecule has 98 valence electrons. The van der Waals surface area contributed by atoms with Crippen molar-refractivity contribution in [2.24, 2.45) is 0 Å². The van der Waals surface area contributed by atoms with Crippen molar-refractivity contribution in [2.75, 3.05) is 13.1 Å². The number of hydrogen-bond acceptors (Lipinski definition) is 3. The van der Waals surface area contributed by atoms with Crippen molar-refractivity contribution in [3.05, 3.63) is 28.7 Å². The number of aliphatic hydroxyl groups excluding tert-OH is 1. The van der Waals surface area contributed by atoms with Crippen molar-refractivity contribution in [3.63, 3.8) is 0 Å². The third kappa shape index (κ3) is 3.23. The van der Waals surface area contributed by atoms with E-state index in [1.807, 2.05) is 24.3 Å². The monoisotopic (exact) mass is 313 g/mol. The third-order valence-electron chi connectivity index (χ3n) is 2.93. The standard InChI is InChI=1S/C13H16BrNO3/c1-9(13(17)15-6-5-11(16)8-15)18-12-4-2-3-10(14)7-12/h2-4,7,9,11,16H,5-6,8H2,1H3/t9?,11-/m0/s1. The predicted molar refractivity (Wildman–Crippen MR) is 71.4 cm³/mol. The second-order valence-electron chi connectivity index (χ2n) is 4.44. The Morgan fingerprint density at radius 1 is 1.61 bits per heavy atom. The molecule has 1 heterocycles. The van der Waals surface area contributed by atoms with Gasteiger partial charge in [-0.3, -0.25) is 4.79 Å². The molecule has 0 bridgehead atoms. The van der Waals surface area contributed by atoms with Gasteiger partial charge in [0.25, 0.3) is 5.91 Å². The number of carbonyl (C=O) groups excluding carboxylic acids is 1. The summed E-state index contributed by atoms with van der Waals surface area (Å²) in [4.78, 5) is 13.7. The van der Waals surface area contributed by atoms with Gasteiger partial charge >= 0.3 is 0 Å². The topological polar surface area (TPSA) is 49.8 Å². The highest BCUT2D eigenvalue weighted by molar-refractivity contribution is 9.10. The van der Waals surface area contributed by atoms with Crippen LogP contribution in [0.25, 0.3) is 0 Å². The predicted octanol–water partition coefficient (Wildman–Crippen LogP) is 1.81. The van der Waals surface area contributed by atoms with Gasteiger partial charge in [-0.15, -0.1) is 0 Å². The number of rotatable bonds is 3. The summed E-state index contributed by atoms with van der Waals surface area (Å²) in [5, 5.41) is 9.42. The van der Waals surface area contributed by atoms with Crippen molar-refractivity contribution < 1.29 is 14.6 Å². The summed E-state index contributed by atoms with van der Waals surface area (Å²) in [5.74, 6) is 0.580. The fraction of sp³-hybridized carbons (Fsp3) is 0.462. The molecule has 0 aliphatic carbocycles. The number of amides is 1. The molecule has 1 aliphatic rings. The van der Waals surface area contributed by atoms with Gasteiger partial charge in [0, 0.05) is 17.6 Å². The molecule has 0 aromatic heterocycles. The minimum Gasteiger partial charge on any atom is -0.481 e. The molecule has 18 heavy (non-hydrogen) atoms. The van der Waals surface area contributed by atoms with E-state index >= 15 is 0 Å². The quantitative estimate of drug-likeness (QED) is 0.926. The smallest absolute Gasteiger partial charge is 0.263 e. The zero-order valence-electron chi connectivity index (χ0n) is 10.2. The molecule has 1 aliphatic heterocycles. The van der Waals surface area contributed by atoms with Crippen LogP contribution in [0.2, 0.25) is 0 Å². The van der Waals surface area contributed by atoms with Crippen LogP contribution in [0.15, 0.2) is 28.7 Å². The van der Waals surface area contributed by atoms with Crippen LogP contribution in [0.4, 0.5) is 0 Å². The maximum atomic E-state index is 12.1. The average Bonchev–Trinajstić information content (AvgIpc) is 2.75. The van der Waals surface area contributed by atoms with Crippen LogP contribution in [0.3, 0.4) is 0 Å². The molecule has 0 spiro atoms. The third-order valence-corrected chi connectivity index (χ3v) is 3.43. The Morgan fingerprint density at radius 2 is 2.39 bits per heavy atom. The Bertz CT molecular complexity index is 438. The van der Waals surface area contributed by atoms with Gasteiger partial charge in [0.2, 0.25) is 0 Å². The lowest BCUT2D eigenvalue weighted by Crippen LogP contribution is -2.39. The van der Waals surface area contributed by atoms with Gasteiger partial charge in [-0.1, -0.05) is 22.0 Å². The maximum Gasteiger partial charge on any atom is 0.263 e. The van der Waals surface area contributed by atoms with Crippen LogP contribution in [0.5, 0.6) is 5.75 Å². The molecule has 1 N–H and O–H groups in total. The largest absolute Gasteiger partial charge is 0.481 e. The van der Waals surface area contributed by atoms with Crippen molar-refractivity contribution in [1.29, 1.82) is 0 Å². The number of carbonyl (C=O) groups is 1. The molecule has 0 radical (unpaired) electrons. The SMILES string of the molecule is CC(Oc1cccc(Br)c1)C(=O)N1CC[C@H](O)C1. The summed E-state index contributed by atoms with van der Waals surface area (Å²) < 4.78 is 6.51. The molecular weight excluding hydrogens is 298 g/mol. The van der Waals surface area contributed by atoms with Crippen molar-refractivity contribution in [3.8, 4) is 5.75 Å². The molecule has 2 rings (SSSR count). The lowest BCUT2D eigenvalue weighted by Gasteiger charge is -2.21. The van der Waals surface area contributed by atoms with Crippen LogP contribution in [0.1, 0.15) is 13.3 Å². The van der Waals surface area contributed by atoms with Crippen molar-refractivity contribution in [1.82, 2.24) is 4.90 Å². The van der Waals surface area contributed by atoms with Gasteiger partial charge in [-0.2, -0.15) is 0 Å². The Hall–Kier alpha value is -1.07. The van der Waals surface area contributed by atoms with E-state index in [0.29, 0.717) is 25.3 Å². The summed E-state index contributed by atoms with van der Waals surface area (Å²) in [6.45, 7) is 2.74. The van der Waals surface area contributed by atoms with Crippen LogP contribution < -0.4 is 4.74 Å². The van der Waals surface area contributed by atoms with E-state index in [1.54, 1.807) is 11.8 Å². The molecule has 0 saturated carbocycles. The molecule has 1 fully saturated rings. The highest BCUT2D eigenvalue weighted by Gasteiger charge is 2.28. The van der Waals surface area contributed by atoms with Crippen molar-refractivity contribution in [2.45, 2.75) is 25.6 Å². The summed E-state index contributed by atoms with van der Waals surface area (Å²) >= 11 is 3.35. The van der Waals surface area contributed by atoms with Crippen LogP contribution >= 0.6 is 15.9 Å². The fourth-order valence-electron chi connectivity index (χ4n) is 1.99. The molecule has 1 amide bonds. The van der Waals surface area contributed by atoms with Gasteiger partial charge < -0.3 is 14.7 Å². The van der Waals surface area contributed by atoms with E-state index in [4.69, 9.17) is 4.74 Å². The average molecular weight is 314 g/mol. The minimum atomic E-state index is -0.537. The first-order chi connectivity index (χ1) is 8.56. The molecule has 4 nitrogen and oxygen atoms in total. The Labute approximate surface area is 115 Å². The van der Waals surface area contributed by atoms with E-state index in [1.165, 1.54) is 0 Å². The molecule has 1 unspecified atom stereocenters. The van der Waals surface area contributed by atoms with Gasteiger partial charge in [0.1, 0.15) is 5.75 Å². The summed E-state index contributed by atoms with van der Waals surface area (Å²) in [6.07, 6.45) is -0.286. The van der Waals surface area contributed by atoms with Gasteiger partial charge in [0.15, 0.2) is 6.10 Å². The van der Waals surface area contributed by atoms with E-state index in [9.17, 15) is 9.90 Å². The summed E-state index contributed by atoms with van der Waals surface area (Å²) in [7, 11) is 0. The second kappa shape index (κ2) is 5.71. The lowest BCUT2D eigenvalue weighted by atomic mass is 10.3. The molecule has 1 saturated heterocycles. The number of benzene rings is 1.